The van der Waals surface area contributed by atoms with Gasteiger partial charge in [0.2, 0.25) is 0 Å². The molecule has 0 atom stereocenters. The molecule has 0 aliphatic rings. The van der Waals surface area contributed by atoms with Crippen LogP contribution in [-0.2, 0) is 6.61 Å². The topological polar surface area (TPSA) is 59.1 Å². The SMILES string of the molecule is Nc1nc(CO)c(-c2cccc(F)c2)s1. The molecule has 1 heterocycles. The third kappa shape index (κ3) is 1.98. The molecule has 15 heavy (non-hydrogen) atoms. The van der Waals surface area contributed by atoms with Crippen molar-refractivity contribution >= 4 is 16.5 Å². The molecule has 0 fully saturated rings. The van der Waals surface area contributed by atoms with Gasteiger partial charge in [-0.2, -0.15) is 0 Å². The highest BCUT2D eigenvalue weighted by molar-refractivity contribution is 7.18. The van der Waals surface area contributed by atoms with Crippen molar-refractivity contribution in [3.8, 4) is 10.4 Å². The van der Waals surface area contributed by atoms with E-state index in [2.05, 4.69) is 4.98 Å². The predicted octanol–water partition coefficient (Wildman–Crippen LogP) is 2.02. The fourth-order valence-electron chi connectivity index (χ4n) is 1.33. The highest BCUT2D eigenvalue weighted by Gasteiger charge is 2.10. The largest absolute Gasteiger partial charge is 0.390 e. The van der Waals surface area contributed by atoms with Crippen LogP contribution in [0.3, 0.4) is 0 Å². The molecule has 78 valence electrons. The summed E-state index contributed by atoms with van der Waals surface area (Å²) in [5.41, 5.74) is 6.71. The van der Waals surface area contributed by atoms with Crippen LogP contribution < -0.4 is 5.73 Å². The van der Waals surface area contributed by atoms with Crippen molar-refractivity contribution in [2.24, 2.45) is 0 Å². The molecule has 0 aliphatic carbocycles. The van der Waals surface area contributed by atoms with Gasteiger partial charge in [-0.15, -0.1) is 0 Å². The van der Waals surface area contributed by atoms with Gasteiger partial charge in [-0.1, -0.05) is 23.5 Å². The lowest BCUT2D eigenvalue weighted by atomic mass is 10.1. The smallest absolute Gasteiger partial charge is 0.180 e. The molecule has 0 bridgehead atoms. The van der Waals surface area contributed by atoms with Crippen molar-refractivity contribution in [3.63, 3.8) is 0 Å². The first-order valence-corrected chi connectivity index (χ1v) is 5.14. The Bertz CT molecular complexity index is 484. The zero-order chi connectivity index (χ0) is 10.8. The van der Waals surface area contributed by atoms with E-state index in [-0.39, 0.29) is 12.4 Å². The van der Waals surface area contributed by atoms with Crippen molar-refractivity contribution in [1.82, 2.24) is 4.98 Å². The highest BCUT2D eigenvalue weighted by Crippen LogP contribution is 2.31. The van der Waals surface area contributed by atoms with Crippen LogP contribution in [0.5, 0.6) is 0 Å². The summed E-state index contributed by atoms with van der Waals surface area (Å²) in [6, 6.07) is 6.13. The standard InChI is InChI=1S/C10H9FN2OS/c11-7-3-1-2-6(4-7)9-8(5-14)13-10(12)15-9/h1-4,14H,5H2,(H2,12,13). The minimum atomic E-state index is -0.316. The Morgan fingerprint density at radius 2 is 2.27 bits per heavy atom. The van der Waals surface area contributed by atoms with Gasteiger partial charge >= 0.3 is 0 Å². The van der Waals surface area contributed by atoms with E-state index in [0.717, 1.165) is 4.88 Å². The van der Waals surface area contributed by atoms with Crippen LogP contribution in [0.4, 0.5) is 9.52 Å². The quantitative estimate of drug-likeness (QED) is 0.820. The average molecular weight is 224 g/mol. The van der Waals surface area contributed by atoms with Gasteiger partial charge in [0.1, 0.15) is 5.82 Å². The van der Waals surface area contributed by atoms with Crippen LogP contribution in [0.2, 0.25) is 0 Å². The molecular weight excluding hydrogens is 215 g/mol. The van der Waals surface area contributed by atoms with Gasteiger partial charge in [-0.25, -0.2) is 9.37 Å². The summed E-state index contributed by atoms with van der Waals surface area (Å²) in [4.78, 5) is 4.68. The summed E-state index contributed by atoms with van der Waals surface area (Å²) in [6.07, 6.45) is 0. The first kappa shape index (κ1) is 10.1. The number of nitrogens with two attached hydrogens (primary N) is 1. The minimum Gasteiger partial charge on any atom is -0.390 e. The molecule has 3 N–H and O–H groups in total. The normalized spacial score (nSPS) is 10.5. The van der Waals surface area contributed by atoms with Crippen LogP contribution in [0.1, 0.15) is 5.69 Å². The predicted molar refractivity (Wildman–Crippen MR) is 57.8 cm³/mol. The van der Waals surface area contributed by atoms with Crippen molar-refractivity contribution in [1.29, 1.82) is 0 Å². The van der Waals surface area contributed by atoms with Crippen molar-refractivity contribution in [2.75, 3.05) is 5.73 Å². The number of hydrogen-bond acceptors (Lipinski definition) is 4. The van der Waals surface area contributed by atoms with E-state index in [1.165, 1.54) is 23.5 Å². The second-order valence-corrected chi connectivity index (χ2v) is 4.03. The van der Waals surface area contributed by atoms with E-state index in [0.29, 0.717) is 16.4 Å². The lowest BCUT2D eigenvalue weighted by molar-refractivity contribution is 0.278. The summed E-state index contributed by atoms with van der Waals surface area (Å²) in [7, 11) is 0. The van der Waals surface area contributed by atoms with E-state index in [1.807, 2.05) is 0 Å². The Morgan fingerprint density at radius 1 is 1.47 bits per heavy atom. The molecular formula is C10H9FN2OS. The van der Waals surface area contributed by atoms with Gasteiger partial charge in [0.05, 0.1) is 17.2 Å². The van der Waals surface area contributed by atoms with Gasteiger partial charge < -0.3 is 10.8 Å². The third-order valence-electron chi connectivity index (χ3n) is 1.95. The van der Waals surface area contributed by atoms with E-state index >= 15 is 0 Å². The number of halogens is 1. The summed E-state index contributed by atoms with van der Waals surface area (Å²) in [5.74, 6) is -0.316. The monoisotopic (exact) mass is 224 g/mol. The van der Waals surface area contributed by atoms with Gasteiger partial charge in [0, 0.05) is 0 Å². The van der Waals surface area contributed by atoms with E-state index in [4.69, 9.17) is 10.8 Å². The first-order valence-electron chi connectivity index (χ1n) is 4.32. The summed E-state index contributed by atoms with van der Waals surface area (Å²) < 4.78 is 13.0. The van der Waals surface area contributed by atoms with Crippen molar-refractivity contribution in [3.05, 3.63) is 35.8 Å². The Morgan fingerprint density at radius 3 is 2.93 bits per heavy atom. The molecule has 0 spiro atoms. The summed E-state index contributed by atoms with van der Waals surface area (Å²) in [5, 5.41) is 9.43. The molecule has 2 rings (SSSR count). The number of hydrogen-bond donors (Lipinski definition) is 2. The molecule has 3 nitrogen and oxygen atoms in total. The molecule has 1 aromatic carbocycles. The molecule has 1 aromatic heterocycles. The number of benzene rings is 1. The van der Waals surface area contributed by atoms with Crippen LogP contribution >= 0.6 is 11.3 Å². The Kier molecular flexibility index (Phi) is 2.66. The maximum atomic E-state index is 13.0. The lowest BCUT2D eigenvalue weighted by Gasteiger charge is -1.99. The average Bonchev–Trinajstić information content (AvgIpc) is 2.59. The van der Waals surface area contributed by atoms with Crippen molar-refractivity contribution < 1.29 is 9.50 Å². The Balaban J connectivity index is 2.53. The van der Waals surface area contributed by atoms with Gasteiger partial charge in [0.25, 0.3) is 0 Å². The maximum absolute atomic E-state index is 13.0. The number of aliphatic hydroxyl groups excluding tert-OH is 1. The second kappa shape index (κ2) is 3.96. The van der Waals surface area contributed by atoms with Crippen LogP contribution in [0.25, 0.3) is 10.4 Å². The number of anilines is 1. The number of rotatable bonds is 2. The highest BCUT2D eigenvalue weighted by atomic mass is 32.1. The molecule has 0 unspecified atom stereocenters. The maximum Gasteiger partial charge on any atom is 0.180 e. The van der Waals surface area contributed by atoms with E-state index in [9.17, 15) is 4.39 Å². The zero-order valence-electron chi connectivity index (χ0n) is 7.77. The summed E-state index contributed by atoms with van der Waals surface area (Å²) in [6.45, 7) is -0.195. The number of thiazole rings is 1. The Labute approximate surface area is 90.0 Å². The van der Waals surface area contributed by atoms with Crippen molar-refractivity contribution in [2.45, 2.75) is 6.61 Å². The molecule has 0 radical (unpaired) electrons. The lowest BCUT2D eigenvalue weighted by Crippen LogP contribution is -1.88. The molecule has 5 heteroatoms. The zero-order valence-corrected chi connectivity index (χ0v) is 8.59. The Hall–Kier alpha value is -1.46. The number of aliphatic hydroxyl groups is 1. The van der Waals surface area contributed by atoms with E-state index in [1.54, 1.807) is 12.1 Å². The molecule has 0 amide bonds. The first-order chi connectivity index (χ1) is 7.20. The fraction of sp³-hybridized carbons (Fsp3) is 0.100. The molecule has 0 aliphatic heterocycles. The minimum absolute atomic E-state index is 0.195. The van der Waals surface area contributed by atoms with E-state index < -0.39 is 0 Å². The molecule has 0 saturated heterocycles. The van der Waals surface area contributed by atoms with Gasteiger partial charge in [0.15, 0.2) is 5.13 Å². The van der Waals surface area contributed by atoms with Crippen LogP contribution in [-0.4, -0.2) is 10.1 Å². The van der Waals surface area contributed by atoms with Gasteiger partial charge in [-0.3, -0.25) is 0 Å². The molecule has 2 aromatic rings. The fourth-order valence-corrected chi connectivity index (χ4v) is 2.17. The third-order valence-corrected chi connectivity index (χ3v) is 2.93. The van der Waals surface area contributed by atoms with Gasteiger partial charge in [-0.05, 0) is 17.7 Å². The van der Waals surface area contributed by atoms with Crippen LogP contribution in [0.15, 0.2) is 24.3 Å². The number of nitrogen functional groups attached to an aromatic ring is 1. The number of aromatic nitrogens is 1. The number of nitrogens with zero attached hydrogens (tertiary/aromatic N) is 1. The second-order valence-electron chi connectivity index (χ2n) is 3.00. The molecule has 0 saturated carbocycles. The van der Waals surface area contributed by atoms with Crippen LogP contribution in [0, 0.1) is 5.82 Å². The summed E-state index contributed by atoms with van der Waals surface area (Å²) >= 11 is 1.24.